The molecule has 3 aromatic rings. The summed E-state index contributed by atoms with van der Waals surface area (Å²) in [6, 6.07) is 20.2. The minimum atomic E-state index is -0.458. The molecule has 6 nitrogen and oxygen atoms in total. The van der Waals surface area contributed by atoms with E-state index in [1.165, 1.54) is 14.0 Å². The molecule has 4 rings (SSSR count). The first-order valence-corrected chi connectivity index (χ1v) is 9.90. The Morgan fingerprint density at radius 1 is 1.03 bits per heavy atom. The van der Waals surface area contributed by atoms with Gasteiger partial charge >= 0.3 is 5.97 Å². The molecule has 0 radical (unpaired) electrons. The van der Waals surface area contributed by atoms with Crippen LogP contribution in [-0.2, 0) is 11.4 Å². The van der Waals surface area contributed by atoms with Gasteiger partial charge < -0.3 is 18.9 Å². The number of esters is 1. The lowest BCUT2D eigenvalue weighted by Gasteiger charge is -2.27. The van der Waals surface area contributed by atoms with Crippen molar-refractivity contribution in [1.29, 1.82) is 0 Å². The van der Waals surface area contributed by atoms with Gasteiger partial charge in [0.15, 0.2) is 5.78 Å². The molecule has 0 saturated heterocycles. The Morgan fingerprint density at radius 2 is 1.77 bits per heavy atom. The first-order valence-electron chi connectivity index (χ1n) is 9.90. The minimum Gasteiger partial charge on any atom is -0.496 e. The Labute approximate surface area is 180 Å². The van der Waals surface area contributed by atoms with Crippen molar-refractivity contribution in [3.63, 3.8) is 0 Å². The molecule has 3 aromatic carbocycles. The molecular formula is C25H22O6. The number of methoxy groups -OCH3 is 1. The third-order valence-corrected chi connectivity index (χ3v) is 4.94. The van der Waals surface area contributed by atoms with Gasteiger partial charge in [0.25, 0.3) is 0 Å². The molecule has 1 heterocycles. The summed E-state index contributed by atoms with van der Waals surface area (Å²) in [5, 5.41) is 0. The third-order valence-electron chi connectivity index (χ3n) is 4.94. The maximum Gasteiger partial charge on any atom is 0.308 e. The van der Waals surface area contributed by atoms with Gasteiger partial charge in [0.1, 0.15) is 41.3 Å². The van der Waals surface area contributed by atoms with E-state index in [4.69, 9.17) is 18.9 Å². The molecule has 1 unspecified atom stereocenters. The highest BCUT2D eigenvalue weighted by atomic mass is 16.5. The van der Waals surface area contributed by atoms with Gasteiger partial charge in [0.2, 0.25) is 0 Å². The van der Waals surface area contributed by atoms with Crippen molar-refractivity contribution in [3.05, 3.63) is 83.4 Å². The number of carbonyl (C=O) groups is 2. The molecule has 158 valence electrons. The number of carbonyl (C=O) groups excluding carboxylic acids is 2. The Bertz CT molecular complexity index is 1090. The predicted octanol–water partition coefficient (Wildman–Crippen LogP) is 4.91. The standard InChI is InChI=1S/C25H22O6/c1-16(26)30-19-10-8-18(9-11-19)22-14-21(27)25-23(28-2)12-20(13-24(25)31-22)29-15-17-6-4-3-5-7-17/h3-13,22H,14-15H2,1-2H3. The summed E-state index contributed by atoms with van der Waals surface area (Å²) < 4.78 is 22.6. The Kier molecular flexibility index (Phi) is 5.89. The molecule has 1 atom stereocenters. The summed E-state index contributed by atoms with van der Waals surface area (Å²) in [6.07, 6.45) is -0.277. The molecule has 0 aromatic heterocycles. The summed E-state index contributed by atoms with van der Waals surface area (Å²) in [4.78, 5) is 24.0. The fraction of sp³-hybridized carbons (Fsp3) is 0.200. The fourth-order valence-electron chi connectivity index (χ4n) is 3.49. The van der Waals surface area contributed by atoms with E-state index in [-0.39, 0.29) is 18.2 Å². The van der Waals surface area contributed by atoms with Crippen LogP contribution in [0, 0.1) is 0 Å². The van der Waals surface area contributed by atoms with Gasteiger partial charge in [0.05, 0.1) is 13.5 Å². The van der Waals surface area contributed by atoms with E-state index in [0.29, 0.717) is 35.2 Å². The maximum absolute atomic E-state index is 12.9. The van der Waals surface area contributed by atoms with Crippen LogP contribution in [0.2, 0.25) is 0 Å². The lowest BCUT2D eigenvalue weighted by molar-refractivity contribution is -0.131. The van der Waals surface area contributed by atoms with Crippen LogP contribution in [-0.4, -0.2) is 18.9 Å². The SMILES string of the molecule is COc1cc(OCc2ccccc2)cc2c1C(=O)CC(c1ccc(OC(C)=O)cc1)O2. The number of ketones is 1. The fourth-order valence-corrected chi connectivity index (χ4v) is 3.49. The monoisotopic (exact) mass is 418 g/mol. The van der Waals surface area contributed by atoms with Gasteiger partial charge in [-0.05, 0) is 23.3 Å². The lowest BCUT2D eigenvalue weighted by atomic mass is 9.95. The second-order valence-corrected chi connectivity index (χ2v) is 7.17. The van der Waals surface area contributed by atoms with E-state index in [9.17, 15) is 9.59 Å². The lowest BCUT2D eigenvalue weighted by Crippen LogP contribution is -2.21. The summed E-state index contributed by atoms with van der Waals surface area (Å²) in [6.45, 7) is 1.73. The number of fused-ring (bicyclic) bond motifs is 1. The van der Waals surface area contributed by atoms with Crippen LogP contribution in [0.4, 0.5) is 0 Å². The molecule has 0 aliphatic carbocycles. The van der Waals surface area contributed by atoms with Crippen LogP contribution in [0.25, 0.3) is 0 Å². The van der Waals surface area contributed by atoms with Crippen molar-refractivity contribution in [1.82, 2.24) is 0 Å². The number of Topliss-reactive ketones (excluding diaryl/α,β-unsaturated/α-hetero) is 1. The second-order valence-electron chi connectivity index (χ2n) is 7.17. The van der Waals surface area contributed by atoms with Crippen molar-refractivity contribution < 1.29 is 28.5 Å². The Balaban J connectivity index is 1.57. The van der Waals surface area contributed by atoms with Crippen molar-refractivity contribution in [2.75, 3.05) is 7.11 Å². The zero-order chi connectivity index (χ0) is 21.8. The molecule has 0 fully saturated rings. The molecule has 1 aliphatic rings. The van der Waals surface area contributed by atoms with E-state index in [2.05, 4.69) is 0 Å². The van der Waals surface area contributed by atoms with Crippen LogP contribution < -0.4 is 18.9 Å². The highest BCUT2D eigenvalue weighted by Crippen LogP contribution is 2.42. The quantitative estimate of drug-likeness (QED) is 0.419. The van der Waals surface area contributed by atoms with E-state index in [0.717, 1.165) is 11.1 Å². The van der Waals surface area contributed by atoms with Crippen LogP contribution in [0.3, 0.4) is 0 Å². The number of rotatable bonds is 6. The smallest absolute Gasteiger partial charge is 0.308 e. The molecule has 0 spiro atoms. The largest absolute Gasteiger partial charge is 0.496 e. The number of hydrogen-bond donors (Lipinski definition) is 0. The van der Waals surface area contributed by atoms with Crippen LogP contribution in [0.1, 0.15) is 40.9 Å². The average Bonchev–Trinajstić information content (AvgIpc) is 2.77. The first-order chi connectivity index (χ1) is 15.0. The zero-order valence-electron chi connectivity index (χ0n) is 17.3. The average molecular weight is 418 g/mol. The molecule has 0 amide bonds. The molecule has 0 saturated carbocycles. The highest BCUT2D eigenvalue weighted by Gasteiger charge is 2.31. The third kappa shape index (κ3) is 4.69. The van der Waals surface area contributed by atoms with Crippen molar-refractivity contribution >= 4 is 11.8 Å². The Hall–Kier alpha value is -3.80. The maximum atomic E-state index is 12.9. The normalized spacial score (nSPS) is 14.9. The van der Waals surface area contributed by atoms with Crippen LogP contribution >= 0.6 is 0 Å². The number of hydrogen-bond acceptors (Lipinski definition) is 6. The number of ether oxygens (including phenoxy) is 4. The van der Waals surface area contributed by atoms with Crippen molar-refractivity contribution in [2.24, 2.45) is 0 Å². The molecule has 0 N–H and O–H groups in total. The Morgan fingerprint density at radius 3 is 2.45 bits per heavy atom. The van der Waals surface area contributed by atoms with Gasteiger partial charge in [-0.15, -0.1) is 0 Å². The van der Waals surface area contributed by atoms with Crippen LogP contribution in [0.15, 0.2) is 66.7 Å². The molecule has 0 bridgehead atoms. The molecule has 6 heteroatoms. The highest BCUT2D eigenvalue weighted by molar-refractivity contribution is 6.02. The zero-order valence-corrected chi connectivity index (χ0v) is 17.3. The van der Waals surface area contributed by atoms with Crippen molar-refractivity contribution in [2.45, 2.75) is 26.1 Å². The van der Waals surface area contributed by atoms with Gasteiger partial charge in [-0.3, -0.25) is 9.59 Å². The van der Waals surface area contributed by atoms with Gasteiger partial charge in [-0.1, -0.05) is 42.5 Å². The van der Waals surface area contributed by atoms with Gasteiger partial charge in [-0.25, -0.2) is 0 Å². The van der Waals surface area contributed by atoms with E-state index < -0.39 is 6.10 Å². The van der Waals surface area contributed by atoms with E-state index >= 15 is 0 Å². The van der Waals surface area contributed by atoms with Crippen molar-refractivity contribution in [3.8, 4) is 23.0 Å². The first kappa shape index (κ1) is 20.5. The molecular weight excluding hydrogens is 396 g/mol. The minimum absolute atomic E-state index is 0.0678. The summed E-state index contributed by atoms with van der Waals surface area (Å²) >= 11 is 0. The molecule has 31 heavy (non-hydrogen) atoms. The topological polar surface area (TPSA) is 71.1 Å². The predicted molar refractivity (Wildman–Crippen MR) is 114 cm³/mol. The van der Waals surface area contributed by atoms with E-state index in [1.54, 1.807) is 36.4 Å². The summed E-state index contributed by atoms with van der Waals surface area (Å²) in [5.41, 5.74) is 2.26. The van der Waals surface area contributed by atoms with Gasteiger partial charge in [-0.2, -0.15) is 0 Å². The summed E-state index contributed by atoms with van der Waals surface area (Å²) in [5.74, 6) is 1.39. The number of benzene rings is 3. The summed E-state index contributed by atoms with van der Waals surface area (Å²) in [7, 11) is 1.52. The van der Waals surface area contributed by atoms with Crippen LogP contribution in [0.5, 0.6) is 23.0 Å². The molecule has 1 aliphatic heterocycles. The van der Waals surface area contributed by atoms with E-state index in [1.807, 2.05) is 30.3 Å². The van der Waals surface area contributed by atoms with Gasteiger partial charge in [0, 0.05) is 19.1 Å². The second kappa shape index (κ2) is 8.92.